The fourth-order valence-corrected chi connectivity index (χ4v) is 2.11. The molecule has 0 saturated carbocycles. The first kappa shape index (κ1) is 19.2. The molecule has 1 atom stereocenters. The minimum Gasteiger partial charge on any atom is -0.480 e. The Morgan fingerprint density at radius 2 is 1.96 bits per heavy atom. The van der Waals surface area contributed by atoms with Crippen LogP contribution in [-0.4, -0.2) is 29.6 Å². The van der Waals surface area contributed by atoms with Gasteiger partial charge in [0.25, 0.3) is 5.91 Å². The highest BCUT2D eigenvalue weighted by Crippen LogP contribution is 2.06. The van der Waals surface area contributed by atoms with Crippen LogP contribution in [0.2, 0.25) is 0 Å². The summed E-state index contributed by atoms with van der Waals surface area (Å²) in [5.74, 6) is -1.67. The number of carbonyl (C=O) groups excluding carboxylic acids is 1. The quantitative estimate of drug-likeness (QED) is 0.364. The van der Waals surface area contributed by atoms with Crippen molar-refractivity contribution in [3.8, 4) is 6.07 Å². The highest BCUT2D eigenvalue weighted by atomic mass is 16.4. The van der Waals surface area contributed by atoms with E-state index in [9.17, 15) is 9.59 Å². The van der Waals surface area contributed by atoms with Gasteiger partial charge in [-0.2, -0.15) is 5.26 Å². The van der Waals surface area contributed by atoms with Crippen LogP contribution < -0.4 is 10.6 Å². The van der Waals surface area contributed by atoms with Crippen LogP contribution in [0.1, 0.15) is 25.8 Å². The molecular formula is C18H23N3O3. The van der Waals surface area contributed by atoms with Gasteiger partial charge in [0.15, 0.2) is 0 Å². The van der Waals surface area contributed by atoms with Gasteiger partial charge in [0.1, 0.15) is 17.7 Å². The molecule has 128 valence electrons. The van der Waals surface area contributed by atoms with Gasteiger partial charge in [0, 0.05) is 12.7 Å². The van der Waals surface area contributed by atoms with Crippen LogP contribution in [0, 0.1) is 17.2 Å². The fourth-order valence-electron chi connectivity index (χ4n) is 2.11. The largest absolute Gasteiger partial charge is 0.480 e. The predicted molar refractivity (Wildman–Crippen MR) is 90.9 cm³/mol. The van der Waals surface area contributed by atoms with E-state index in [0.29, 0.717) is 13.0 Å². The van der Waals surface area contributed by atoms with E-state index in [2.05, 4.69) is 10.6 Å². The van der Waals surface area contributed by atoms with Gasteiger partial charge in [-0.15, -0.1) is 0 Å². The number of carbonyl (C=O) groups is 2. The molecule has 1 unspecified atom stereocenters. The Morgan fingerprint density at radius 3 is 2.50 bits per heavy atom. The number of nitrogens with one attached hydrogen (secondary N) is 2. The zero-order valence-corrected chi connectivity index (χ0v) is 14.0. The van der Waals surface area contributed by atoms with Crippen LogP contribution in [-0.2, 0) is 16.0 Å². The summed E-state index contributed by atoms with van der Waals surface area (Å²) >= 11 is 0. The molecule has 1 aromatic rings. The van der Waals surface area contributed by atoms with Gasteiger partial charge in [-0.05, 0) is 24.3 Å². The van der Waals surface area contributed by atoms with Crippen molar-refractivity contribution >= 4 is 11.9 Å². The molecule has 1 amide bonds. The van der Waals surface area contributed by atoms with Crippen LogP contribution in [0.3, 0.4) is 0 Å². The predicted octanol–water partition coefficient (Wildman–Crippen LogP) is 1.84. The van der Waals surface area contributed by atoms with E-state index in [1.54, 1.807) is 6.07 Å². The molecule has 0 saturated heterocycles. The summed E-state index contributed by atoms with van der Waals surface area (Å²) in [6.45, 7) is 4.30. The number of carboxylic acids is 1. The summed E-state index contributed by atoms with van der Waals surface area (Å²) in [6, 6.07) is 10.6. The van der Waals surface area contributed by atoms with Crippen LogP contribution in [0.5, 0.6) is 0 Å². The smallest absolute Gasteiger partial charge is 0.326 e. The maximum absolute atomic E-state index is 12.0. The SMILES string of the molecule is CC(C)CC(NC(=O)/C(C#N)=C\NCCc1ccccc1)C(=O)O. The van der Waals surface area contributed by atoms with E-state index in [4.69, 9.17) is 10.4 Å². The Kier molecular flexibility index (Phi) is 8.06. The van der Waals surface area contributed by atoms with E-state index >= 15 is 0 Å². The van der Waals surface area contributed by atoms with E-state index < -0.39 is 17.9 Å². The van der Waals surface area contributed by atoms with Crippen molar-refractivity contribution in [3.05, 3.63) is 47.7 Å². The summed E-state index contributed by atoms with van der Waals surface area (Å²) in [5, 5.41) is 23.5. The van der Waals surface area contributed by atoms with Crippen LogP contribution in [0.15, 0.2) is 42.1 Å². The van der Waals surface area contributed by atoms with Gasteiger partial charge in [-0.25, -0.2) is 4.79 Å². The standard InChI is InChI=1S/C18H23N3O3/c1-13(2)10-16(18(23)24)21-17(22)15(11-19)12-20-9-8-14-6-4-3-5-7-14/h3-7,12-13,16,20H,8-10H2,1-2H3,(H,21,22)(H,23,24)/b15-12-. The lowest BCUT2D eigenvalue weighted by atomic mass is 10.0. The van der Waals surface area contributed by atoms with Crippen molar-refractivity contribution in [2.45, 2.75) is 32.7 Å². The number of amides is 1. The maximum Gasteiger partial charge on any atom is 0.326 e. The van der Waals surface area contributed by atoms with E-state index in [1.807, 2.05) is 44.2 Å². The van der Waals surface area contributed by atoms with Crippen molar-refractivity contribution in [1.29, 1.82) is 5.26 Å². The first-order chi connectivity index (χ1) is 11.4. The van der Waals surface area contributed by atoms with Gasteiger partial charge in [-0.3, -0.25) is 4.79 Å². The lowest BCUT2D eigenvalue weighted by Crippen LogP contribution is -2.42. The number of rotatable bonds is 9. The molecule has 0 spiro atoms. The van der Waals surface area contributed by atoms with Crippen molar-refractivity contribution in [2.75, 3.05) is 6.54 Å². The number of nitrogens with zero attached hydrogens (tertiary/aromatic N) is 1. The third-order valence-electron chi connectivity index (χ3n) is 3.32. The number of aliphatic carboxylic acids is 1. The molecule has 6 nitrogen and oxygen atoms in total. The normalized spacial score (nSPS) is 12.3. The molecule has 0 radical (unpaired) electrons. The average molecular weight is 329 g/mol. The van der Waals surface area contributed by atoms with Gasteiger partial charge >= 0.3 is 5.97 Å². The minimum atomic E-state index is -1.11. The lowest BCUT2D eigenvalue weighted by molar-refractivity contribution is -0.141. The minimum absolute atomic E-state index is 0.116. The van der Waals surface area contributed by atoms with Gasteiger partial charge in [0.2, 0.25) is 0 Å². The summed E-state index contributed by atoms with van der Waals surface area (Å²) in [7, 11) is 0. The second-order valence-electron chi connectivity index (χ2n) is 5.85. The Hall–Kier alpha value is -2.81. The van der Waals surface area contributed by atoms with Crippen molar-refractivity contribution in [3.63, 3.8) is 0 Å². The molecule has 0 aliphatic heterocycles. The van der Waals surface area contributed by atoms with Crippen LogP contribution in [0.4, 0.5) is 0 Å². The zero-order valence-electron chi connectivity index (χ0n) is 14.0. The van der Waals surface area contributed by atoms with E-state index in [1.165, 1.54) is 6.20 Å². The number of nitriles is 1. The molecule has 1 aromatic carbocycles. The first-order valence-corrected chi connectivity index (χ1v) is 7.85. The molecule has 1 rings (SSSR count). The second kappa shape index (κ2) is 10.1. The van der Waals surface area contributed by atoms with Gasteiger partial charge in [-0.1, -0.05) is 44.2 Å². The van der Waals surface area contributed by atoms with Crippen molar-refractivity contribution < 1.29 is 14.7 Å². The summed E-state index contributed by atoms with van der Waals surface area (Å²) in [4.78, 5) is 23.2. The third-order valence-corrected chi connectivity index (χ3v) is 3.32. The number of hydrogen-bond acceptors (Lipinski definition) is 4. The third kappa shape index (κ3) is 6.97. The number of carboxylic acid groups (broad SMARTS) is 1. The molecule has 0 fully saturated rings. The summed E-state index contributed by atoms with van der Waals surface area (Å²) in [5.41, 5.74) is 1.00. The molecule has 3 N–H and O–H groups in total. The average Bonchev–Trinajstić information content (AvgIpc) is 2.54. The van der Waals surface area contributed by atoms with Gasteiger partial charge in [0.05, 0.1) is 0 Å². The van der Waals surface area contributed by atoms with Crippen LogP contribution >= 0.6 is 0 Å². The van der Waals surface area contributed by atoms with Crippen LogP contribution in [0.25, 0.3) is 0 Å². The lowest BCUT2D eigenvalue weighted by Gasteiger charge is -2.16. The molecule has 6 heteroatoms. The highest BCUT2D eigenvalue weighted by Gasteiger charge is 2.22. The first-order valence-electron chi connectivity index (χ1n) is 7.85. The van der Waals surface area contributed by atoms with Crippen molar-refractivity contribution in [2.24, 2.45) is 5.92 Å². The van der Waals surface area contributed by atoms with E-state index in [0.717, 1.165) is 12.0 Å². The van der Waals surface area contributed by atoms with Gasteiger partial charge < -0.3 is 15.7 Å². The molecule has 0 aromatic heterocycles. The zero-order chi connectivity index (χ0) is 17.9. The molecule has 0 aliphatic carbocycles. The second-order valence-corrected chi connectivity index (χ2v) is 5.85. The van der Waals surface area contributed by atoms with E-state index in [-0.39, 0.29) is 11.5 Å². The Balaban J connectivity index is 2.55. The monoisotopic (exact) mass is 329 g/mol. The Bertz CT molecular complexity index is 618. The highest BCUT2D eigenvalue weighted by molar-refractivity contribution is 5.99. The fraction of sp³-hybridized carbons (Fsp3) is 0.389. The summed E-state index contributed by atoms with van der Waals surface area (Å²) < 4.78 is 0. The summed E-state index contributed by atoms with van der Waals surface area (Å²) in [6.07, 6.45) is 2.39. The molecule has 24 heavy (non-hydrogen) atoms. The molecule has 0 aliphatic rings. The molecular weight excluding hydrogens is 306 g/mol. The molecule has 0 heterocycles. The number of benzene rings is 1. The van der Waals surface area contributed by atoms with Crippen molar-refractivity contribution in [1.82, 2.24) is 10.6 Å². The Morgan fingerprint density at radius 1 is 1.29 bits per heavy atom. The maximum atomic E-state index is 12.0. The molecule has 0 bridgehead atoms. The topological polar surface area (TPSA) is 102 Å². The number of hydrogen-bond donors (Lipinski definition) is 3. The Labute approximate surface area is 142 Å².